The molecule has 11 heteroatoms. The lowest BCUT2D eigenvalue weighted by Crippen LogP contribution is -2.33. The minimum absolute atomic E-state index is 0.129. The second-order valence-corrected chi connectivity index (χ2v) is 7.57. The Hall–Kier alpha value is -4.17. The standard InChI is InChI=1S/C22H17N3O7S/c1-2-31-19-11-14(3-8-18(19)32-10-9-23)12-20-21(27)24(22(28)33-20)13-17(26)15-4-6-16(7-5-15)25(29)30/h3-8,11-12H,2,10,13H2,1H3/b20-12-. The van der Waals surface area contributed by atoms with E-state index in [9.17, 15) is 24.5 Å². The predicted octanol–water partition coefficient (Wildman–Crippen LogP) is 3.82. The van der Waals surface area contributed by atoms with Gasteiger partial charge in [-0.1, -0.05) is 6.07 Å². The highest BCUT2D eigenvalue weighted by molar-refractivity contribution is 8.18. The Morgan fingerprint density at radius 1 is 1.18 bits per heavy atom. The van der Waals surface area contributed by atoms with Gasteiger partial charge in [0.2, 0.25) is 0 Å². The van der Waals surface area contributed by atoms with Crippen LogP contribution in [0, 0.1) is 21.4 Å². The van der Waals surface area contributed by atoms with Gasteiger partial charge in [0.1, 0.15) is 6.07 Å². The monoisotopic (exact) mass is 467 g/mol. The van der Waals surface area contributed by atoms with E-state index in [2.05, 4.69) is 0 Å². The molecule has 1 aliphatic heterocycles. The van der Waals surface area contributed by atoms with E-state index >= 15 is 0 Å². The zero-order valence-corrected chi connectivity index (χ0v) is 18.2. The van der Waals surface area contributed by atoms with Gasteiger partial charge in [-0.2, -0.15) is 5.26 Å². The third-order valence-electron chi connectivity index (χ3n) is 4.43. The first-order chi connectivity index (χ1) is 15.8. The SMILES string of the molecule is CCOc1cc(/C=C2\SC(=O)N(CC(=O)c3ccc([N+](=O)[O-])cc3)C2=O)ccc1OCC#N. The average molecular weight is 467 g/mol. The number of carbonyl (C=O) groups excluding carboxylic acids is 3. The Labute approximate surface area is 192 Å². The number of ether oxygens (including phenoxy) is 2. The van der Waals surface area contributed by atoms with Crippen molar-refractivity contribution in [3.63, 3.8) is 0 Å². The molecule has 0 bridgehead atoms. The maximum Gasteiger partial charge on any atom is 0.293 e. The van der Waals surface area contributed by atoms with Crippen LogP contribution in [0.25, 0.3) is 6.08 Å². The van der Waals surface area contributed by atoms with E-state index in [0.29, 0.717) is 35.4 Å². The summed E-state index contributed by atoms with van der Waals surface area (Å²) in [4.78, 5) is 48.7. The fourth-order valence-corrected chi connectivity index (χ4v) is 3.74. The van der Waals surface area contributed by atoms with Crippen LogP contribution in [0.2, 0.25) is 0 Å². The van der Waals surface area contributed by atoms with Crippen LogP contribution in [0.4, 0.5) is 10.5 Å². The molecule has 168 valence electrons. The summed E-state index contributed by atoms with van der Waals surface area (Å²) in [7, 11) is 0. The third kappa shape index (κ3) is 5.55. The van der Waals surface area contributed by atoms with Crippen molar-refractivity contribution in [2.45, 2.75) is 6.92 Å². The highest BCUT2D eigenvalue weighted by Gasteiger charge is 2.36. The van der Waals surface area contributed by atoms with Crippen molar-refractivity contribution in [1.29, 1.82) is 5.26 Å². The van der Waals surface area contributed by atoms with E-state index < -0.39 is 28.4 Å². The number of hydrogen-bond acceptors (Lipinski definition) is 9. The highest BCUT2D eigenvalue weighted by atomic mass is 32.2. The van der Waals surface area contributed by atoms with Crippen LogP contribution >= 0.6 is 11.8 Å². The zero-order chi connectivity index (χ0) is 24.0. The summed E-state index contributed by atoms with van der Waals surface area (Å²) >= 11 is 0.699. The lowest BCUT2D eigenvalue weighted by atomic mass is 10.1. The maximum absolute atomic E-state index is 12.7. The van der Waals surface area contributed by atoms with Crippen molar-refractivity contribution >= 4 is 40.5 Å². The first-order valence-electron chi connectivity index (χ1n) is 9.63. The van der Waals surface area contributed by atoms with Crippen molar-refractivity contribution in [3.05, 3.63) is 68.6 Å². The van der Waals surface area contributed by atoms with Crippen LogP contribution in [-0.2, 0) is 4.79 Å². The van der Waals surface area contributed by atoms with Crippen LogP contribution in [0.5, 0.6) is 11.5 Å². The molecule has 0 radical (unpaired) electrons. The molecule has 1 fully saturated rings. The number of non-ortho nitro benzene ring substituents is 1. The number of nitro groups is 1. The van der Waals surface area contributed by atoms with Crippen molar-refractivity contribution in [1.82, 2.24) is 4.90 Å². The third-order valence-corrected chi connectivity index (χ3v) is 5.34. The molecule has 2 amide bonds. The van der Waals surface area contributed by atoms with E-state index in [1.165, 1.54) is 30.3 Å². The lowest BCUT2D eigenvalue weighted by Gasteiger charge is -2.11. The second kappa shape index (κ2) is 10.4. The number of imide groups is 1. The summed E-state index contributed by atoms with van der Waals surface area (Å²) in [5.74, 6) is -0.388. The number of thioether (sulfide) groups is 1. The van der Waals surface area contributed by atoms with Crippen LogP contribution in [0.1, 0.15) is 22.8 Å². The molecule has 3 rings (SSSR count). The number of Topliss-reactive ketones (excluding diaryl/α,β-unsaturated/α-hetero) is 1. The molecule has 0 aromatic heterocycles. The maximum atomic E-state index is 12.7. The molecule has 0 spiro atoms. The summed E-state index contributed by atoms with van der Waals surface area (Å²) in [6.07, 6.45) is 1.50. The smallest absolute Gasteiger partial charge is 0.293 e. The summed E-state index contributed by atoms with van der Waals surface area (Å²) in [6, 6.07) is 11.6. The number of benzene rings is 2. The zero-order valence-electron chi connectivity index (χ0n) is 17.3. The van der Waals surface area contributed by atoms with Crippen LogP contribution in [0.3, 0.4) is 0 Å². The summed E-state index contributed by atoms with van der Waals surface area (Å²) < 4.78 is 10.8. The fraction of sp³-hybridized carbons (Fsp3) is 0.182. The van der Waals surface area contributed by atoms with Crippen molar-refractivity contribution in [2.24, 2.45) is 0 Å². The van der Waals surface area contributed by atoms with Gasteiger partial charge in [-0.25, -0.2) is 0 Å². The molecule has 1 saturated heterocycles. The number of nitrogens with zero attached hydrogens (tertiary/aromatic N) is 3. The van der Waals surface area contributed by atoms with Crippen LogP contribution in [0.15, 0.2) is 47.4 Å². The normalized spacial score (nSPS) is 14.3. The number of nitro benzene ring substituents is 1. The first kappa shape index (κ1) is 23.5. The first-order valence-corrected chi connectivity index (χ1v) is 10.4. The largest absolute Gasteiger partial charge is 0.490 e. The van der Waals surface area contributed by atoms with Crippen LogP contribution < -0.4 is 9.47 Å². The Morgan fingerprint density at radius 3 is 2.55 bits per heavy atom. The fourth-order valence-electron chi connectivity index (χ4n) is 2.90. The summed E-state index contributed by atoms with van der Waals surface area (Å²) in [6.45, 7) is 1.51. The minimum Gasteiger partial charge on any atom is -0.490 e. The molecule has 0 atom stereocenters. The van der Waals surface area contributed by atoms with E-state index in [4.69, 9.17) is 14.7 Å². The van der Waals surface area contributed by atoms with Gasteiger partial charge in [0.15, 0.2) is 23.9 Å². The number of hydrogen-bond donors (Lipinski definition) is 0. The number of carbonyl (C=O) groups is 3. The van der Waals surface area contributed by atoms with E-state index in [1.54, 1.807) is 25.1 Å². The van der Waals surface area contributed by atoms with Crippen molar-refractivity contribution in [3.8, 4) is 17.6 Å². The number of ketones is 1. The van der Waals surface area contributed by atoms with Gasteiger partial charge < -0.3 is 9.47 Å². The van der Waals surface area contributed by atoms with Gasteiger partial charge >= 0.3 is 0 Å². The molecule has 0 saturated carbocycles. The molecular weight excluding hydrogens is 450 g/mol. The molecule has 10 nitrogen and oxygen atoms in total. The number of nitriles is 1. The Kier molecular flexibility index (Phi) is 7.42. The van der Waals surface area contributed by atoms with E-state index in [0.717, 1.165) is 4.90 Å². The van der Waals surface area contributed by atoms with Gasteiger partial charge in [0.05, 0.1) is 23.0 Å². The van der Waals surface area contributed by atoms with Gasteiger partial charge in [-0.15, -0.1) is 0 Å². The van der Waals surface area contributed by atoms with Crippen molar-refractivity contribution < 1.29 is 28.8 Å². The molecular formula is C22H17N3O7S. The molecule has 0 N–H and O–H groups in total. The molecule has 33 heavy (non-hydrogen) atoms. The summed E-state index contributed by atoms with van der Waals surface area (Å²) in [5.41, 5.74) is 0.545. The highest BCUT2D eigenvalue weighted by Crippen LogP contribution is 2.34. The topological polar surface area (TPSA) is 140 Å². The predicted molar refractivity (Wildman–Crippen MR) is 119 cm³/mol. The van der Waals surface area contributed by atoms with Crippen LogP contribution in [-0.4, -0.2) is 46.5 Å². The number of amides is 2. The lowest BCUT2D eigenvalue weighted by molar-refractivity contribution is -0.384. The number of rotatable bonds is 9. The molecule has 2 aromatic rings. The van der Waals surface area contributed by atoms with E-state index in [1.807, 2.05) is 6.07 Å². The Balaban J connectivity index is 1.76. The molecule has 2 aromatic carbocycles. The molecule has 1 heterocycles. The van der Waals surface area contributed by atoms with Gasteiger partial charge in [-0.05, 0) is 54.6 Å². The summed E-state index contributed by atoms with van der Waals surface area (Å²) in [5, 5.41) is 18.8. The minimum atomic E-state index is -0.622. The molecule has 0 unspecified atom stereocenters. The van der Waals surface area contributed by atoms with E-state index in [-0.39, 0.29) is 22.8 Å². The quantitative estimate of drug-likeness (QED) is 0.233. The average Bonchev–Trinajstić information content (AvgIpc) is 3.06. The molecule has 0 aliphatic carbocycles. The van der Waals surface area contributed by atoms with Gasteiger partial charge in [0, 0.05) is 17.7 Å². The Bertz CT molecular complexity index is 1190. The van der Waals surface area contributed by atoms with Gasteiger partial charge in [0.25, 0.3) is 16.8 Å². The molecule has 1 aliphatic rings. The van der Waals surface area contributed by atoms with Crippen molar-refractivity contribution in [2.75, 3.05) is 19.8 Å². The Morgan fingerprint density at radius 2 is 1.91 bits per heavy atom. The second-order valence-electron chi connectivity index (χ2n) is 6.58. The van der Waals surface area contributed by atoms with Gasteiger partial charge in [-0.3, -0.25) is 29.4 Å².